The van der Waals surface area contributed by atoms with E-state index in [4.69, 9.17) is 0 Å². The second-order valence-electron chi connectivity index (χ2n) is 2.02. The lowest BCUT2D eigenvalue weighted by Crippen LogP contribution is -1.68. The number of aliphatic imine (C=N–C) groups is 1. The molecule has 56 valence electrons. The van der Waals surface area contributed by atoms with Crippen LogP contribution >= 0.6 is 0 Å². The van der Waals surface area contributed by atoms with Crippen LogP contribution < -0.4 is 0 Å². The average molecular weight is 146 g/mol. The highest BCUT2D eigenvalue weighted by Crippen LogP contribution is 2.05. The minimum absolute atomic E-state index is 0.880. The fourth-order valence-electron chi connectivity index (χ4n) is 0.645. The number of aromatic nitrogens is 1. The summed E-state index contributed by atoms with van der Waals surface area (Å²) < 4.78 is 0. The molecule has 0 bridgehead atoms. The highest BCUT2D eigenvalue weighted by Gasteiger charge is 1.80. The van der Waals surface area contributed by atoms with E-state index in [2.05, 4.69) is 9.98 Å². The van der Waals surface area contributed by atoms with Gasteiger partial charge in [0.25, 0.3) is 0 Å². The van der Waals surface area contributed by atoms with Gasteiger partial charge in [0.2, 0.25) is 0 Å². The first-order valence-corrected chi connectivity index (χ1v) is 3.49. The number of hydrogen-bond acceptors (Lipinski definition) is 2. The van der Waals surface area contributed by atoms with E-state index in [-0.39, 0.29) is 0 Å². The van der Waals surface area contributed by atoms with Crippen LogP contribution in [-0.4, -0.2) is 11.2 Å². The summed E-state index contributed by atoms with van der Waals surface area (Å²) in [7, 11) is 0. The van der Waals surface area contributed by atoms with Crippen molar-refractivity contribution in [2.45, 2.75) is 6.92 Å². The summed E-state index contributed by atoms with van der Waals surface area (Å²) in [6, 6.07) is 3.77. The Morgan fingerprint density at radius 2 is 2.45 bits per heavy atom. The summed E-state index contributed by atoms with van der Waals surface area (Å²) in [5.41, 5.74) is 0.880. The Hall–Kier alpha value is -1.44. The quantitative estimate of drug-likeness (QED) is 0.588. The van der Waals surface area contributed by atoms with Crippen LogP contribution in [0.15, 0.2) is 41.7 Å². The molecule has 0 amide bonds. The lowest BCUT2D eigenvalue weighted by atomic mass is 10.4. The summed E-state index contributed by atoms with van der Waals surface area (Å²) in [6.07, 6.45) is 9.01. The predicted molar refractivity (Wildman–Crippen MR) is 47.2 cm³/mol. The second kappa shape index (κ2) is 4.39. The van der Waals surface area contributed by atoms with Crippen LogP contribution in [0, 0.1) is 0 Å². The van der Waals surface area contributed by atoms with E-state index < -0.39 is 0 Å². The molecule has 2 heteroatoms. The summed E-state index contributed by atoms with van der Waals surface area (Å²) in [4.78, 5) is 8.05. The first kappa shape index (κ1) is 7.66. The van der Waals surface area contributed by atoms with Crippen molar-refractivity contribution in [1.82, 2.24) is 4.98 Å². The van der Waals surface area contributed by atoms with Gasteiger partial charge in [0.15, 0.2) is 0 Å². The van der Waals surface area contributed by atoms with E-state index in [9.17, 15) is 0 Å². The van der Waals surface area contributed by atoms with E-state index in [0.717, 1.165) is 5.69 Å². The smallest absolute Gasteiger partial charge is 0.0812 e. The highest BCUT2D eigenvalue weighted by atomic mass is 14.8. The van der Waals surface area contributed by atoms with Crippen LogP contribution in [0.25, 0.3) is 0 Å². The van der Waals surface area contributed by atoms with Gasteiger partial charge in [-0.2, -0.15) is 0 Å². The van der Waals surface area contributed by atoms with Crippen molar-refractivity contribution in [1.29, 1.82) is 0 Å². The average Bonchev–Trinajstić information content (AvgIpc) is 2.07. The zero-order valence-corrected chi connectivity index (χ0v) is 6.44. The normalized spacial score (nSPS) is 11.4. The number of nitrogens with zero attached hydrogens (tertiary/aromatic N) is 2. The van der Waals surface area contributed by atoms with E-state index in [1.807, 2.05) is 31.2 Å². The molecular formula is C9H10N2. The highest BCUT2D eigenvalue weighted by molar-refractivity contribution is 5.73. The molecule has 0 aliphatic heterocycles. The minimum Gasteiger partial charge on any atom is -0.262 e. The van der Waals surface area contributed by atoms with E-state index in [0.29, 0.717) is 0 Å². The lowest BCUT2D eigenvalue weighted by molar-refractivity contribution is 1.31. The van der Waals surface area contributed by atoms with Crippen LogP contribution in [0.4, 0.5) is 5.69 Å². The van der Waals surface area contributed by atoms with E-state index in [1.54, 1.807) is 18.6 Å². The standard InChI is InChI=1S/C9H10N2/c1-2-3-7-11-9-5-4-6-10-8-9/h2-8H,1H3/b3-2+,11-7?. The molecule has 0 aliphatic rings. The third-order valence-electron chi connectivity index (χ3n) is 1.15. The Bertz CT molecular complexity index is 250. The number of rotatable bonds is 2. The predicted octanol–water partition coefficient (Wildman–Crippen LogP) is 2.36. The first-order chi connectivity index (χ1) is 5.43. The maximum Gasteiger partial charge on any atom is 0.0812 e. The van der Waals surface area contributed by atoms with Crippen LogP contribution in [0.3, 0.4) is 0 Å². The van der Waals surface area contributed by atoms with Crippen molar-refractivity contribution in [3.05, 3.63) is 36.7 Å². The zero-order chi connectivity index (χ0) is 7.94. The number of pyridine rings is 1. The number of hydrogen-bond donors (Lipinski definition) is 0. The molecule has 1 aromatic heterocycles. The van der Waals surface area contributed by atoms with Crippen LogP contribution in [0.5, 0.6) is 0 Å². The van der Waals surface area contributed by atoms with Crippen molar-refractivity contribution >= 4 is 11.9 Å². The van der Waals surface area contributed by atoms with Gasteiger partial charge in [-0.3, -0.25) is 9.98 Å². The Labute approximate surface area is 66.3 Å². The summed E-state index contributed by atoms with van der Waals surface area (Å²) in [6.45, 7) is 1.95. The largest absolute Gasteiger partial charge is 0.262 e. The van der Waals surface area contributed by atoms with Crippen LogP contribution in [0.1, 0.15) is 6.92 Å². The Morgan fingerprint density at radius 1 is 1.55 bits per heavy atom. The molecule has 0 N–H and O–H groups in total. The maximum atomic E-state index is 4.12. The molecule has 0 radical (unpaired) electrons. The lowest BCUT2D eigenvalue weighted by Gasteiger charge is -1.86. The molecule has 2 nitrogen and oxygen atoms in total. The van der Waals surface area contributed by atoms with Crippen LogP contribution in [-0.2, 0) is 0 Å². The third kappa shape index (κ3) is 2.76. The van der Waals surface area contributed by atoms with Crippen molar-refractivity contribution in [3.63, 3.8) is 0 Å². The van der Waals surface area contributed by atoms with Gasteiger partial charge >= 0.3 is 0 Å². The molecule has 0 aromatic carbocycles. The fourth-order valence-corrected chi connectivity index (χ4v) is 0.645. The summed E-state index contributed by atoms with van der Waals surface area (Å²) >= 11 is 0. The second-order valence-corrected chi connectivity index (χ2v) is 2.02. The Kier molecular flexibility index (Phi) is 3.06. The molecule has 0 spiro atoms. The van der Waals surface area contributed by atoms with Crippen LogP contribution in [0.2, 0.25) is 0 Å². The van der Waals surface area contributed by atoms with Crippen molar-refractivity contribution < 1.29 is 0 Å². The van der Waals surface area contributed by atoms with E-state index in [1.165, 1.54) is 0 Å². The fraction of sp³-hybridized carbons (Fsp3) is 0.111. The molecule has 0 fully saturated rings. The van der Waals surface area contributed by atoms with Gasteiger partial charge in [-0.1, -0.05) is 6.08 Å². The molecule has 1 heterocycles. The number of allylic oxidation sites excluding steroid dienone is 2. The van der Waals surface area contributed by atoms with Crippen molar-refractivity contribution in [3.8, 4) is 0 Å². The third-order valence-corrected chi connectivity index (χ3v) is 1.15. The van der Waals surface area contributed by atoms with Gasteiger partial charge in [-0.05, 0) is 25.1 Å². The van der Waals surface area contributed by atoms with E-state index >= 15 is 0 Å². The molecular weight excluding hydrogens is 136 g/mol. The van der Waals surface area contributed by atoms with Gasteiger partial charge in [0, 0.05) is 12.4 Å². The monoisotopic (exact) mass is 146 g/mol. The van der Waals surface area contributed by atoms with Gasteiger partial charge in [0.1, 0.15) is 0 Å². The Morgan fingerprint density at radius 3 is 3.09 bits per heavy atom. The molecule has 0 aliphatic carbocycles. The first-order valence-electron chi connectivity index (χ1n) is 3.49. The van der Waals surface area contributed by atoms with Gasteiger partial charge in [0.05, 0.1) is 11.9 Å². The van der Waals surface area contributed by atoms with Gasteiger partial charge in [-0.25, -0.2) is 0 Å². The van der Waals surface area contributed by atoms with Gasteiger partial charge < -0.3 is 0 Å². The van der Waals surface area contributed by atoms with Crippen molar-refractivity contribution in [2.24, 2.45) is 4.99 Å². The summed E-state index contributed by atoms with van der Waals surface area (Å²) in [5, 5.41) is 0. The molecule has 1 aromatic rings. The zero-order valence-electron chi connectivity index (χ0n) is 6.44. The van der Waals surface area contributed by atoms with Crippen molar-refractivity contribution in [2.75, 3.05) is 0 Å². The molecule has 1 rings (SSSR count). The molecule has 11 heavy (non-hydrogen) atoms. The molecule has 0 unspecified atom stereocenters. The summed E-state index contributed by atoms with van der Waals surface area (Å²) in [5.74, 6) is 0. The Balaban J connectivity index is 2.64. The molecule has 0 saturated heterocycles. The topological polar surface area (TPSA) is 25.2 Å². The molecule has 0 atom stereocenters. The van der Waals surface area contributed by atoms with Gasteiger partial charge in [-0.15, -0.1) is 0 Å². The minimum atomic E-state index is 0.880. The maximum absolute atomic E-state index is 4.12. The molecule has 0 saturated carbocycles. The SMILES string of the molecule is C/C=C/C=Nc1cccnc1.